The first-order valence-corrected chi connectivity index (χ1v) is 7.24. The van der Waals surface area contributed by atoms with E-state index in [9.17, 15) is 4.79 Å². The average Bonchev–Trinajstić information content (AvgIpc) is 2.46. The number of hydrogen-bond donors (Lipinski definition) is 1. The Balaban J connectivity index is 0.000000956. The first-order chi connectivity index (χ1) is 9.65. The molecule has 0 bridgehead atoms. The summed E-state index contributed by atoms with van der Waals surface area (Å²) in [7, 11) is 0. The predicted molar refractivity (Wildman–Crippen MR) is 86.3 cm³/mol. The lowest BCUT2D eigenvalue weighted by atomic mass is 10.2. The Hall–Kier alpha value is -1.81. The van der Waals surface area contributed by atoms with Crippen molar-refractivity contribution in [3.05, 3.63) is 58.6 Å². The lowest BCUT2D eigenvalue weighted by Crippen LogP contribution is -2.16. The van der Waals surface area contributed by atoms with Gasteiger partial charge in [0.25, 0.3) is 0 Å². The Morgan fingerprint density at radius 3 is 2.35 bits per heavy atom. The van der Waals surface area contributed by atoms with Crippen LogP contribution in [0.1, 0.15) is 19.4 Å². The Labute approximate surface area is 128 Å². The van der Waals surface area contributed by atoms with Crippen LogP contribution in [0.3, 0.4) is 0 Å². The smallest absolute Gasteiger partial charge is 0.410 e. The van der Waals surface area contributed by atoms with E-state index in [1.165, 1.54) is 0 Å². The molecule has 0 unspecified atom stereocenters. The second-order valence-electron chi connectivity index (χ2n) is 3.79. The highest BCUT2D eigenvalue weighted by molar-refractivity contribution is 9.10. The van der Waals surface area contributed by atoms with E-state index in [0.717, 1.165) is 10.0 Å². The molecule has 2 aromatic rings. The van der Waals surface area contributed by atoms with Gasteiger partial charge in [-0.15, -0.1) is 0 Å². The van der Waals surface area contributed by atoms with Gasteiger partial charge in [-0.2, -0.15) is 0 Å². The molecule has 0 saturated carbocycles. The second-order valence-corrected chi connectivity index (χ2v) is 4.65. The van der Waals surface area contributed by atoms with Gasteiger partial charge in [0.15, 0.2) is 0 Å². The van der Waals surface area contributed by atoms with Crippen LogP contribution in [0.5, 0.6) is 5.75 Å². The summed E-state index contributed by atoms with van der Waals surface area (Å²) >= 11 is 3.41. The summed E-state index contributed by atoms with van der Waals surface area (Å²) in [5.74, 6) is 0.517. The van der Waals surface area contributed by atoms with E-state index in [1.54, 1.807) is 12.1 Å². The number of benzene rings is 2. The standard InChI is InChI=1S/C14H12BrNO2.C2H6/c1-10-9-11(7-8-13(10)15)16-14(17)18-12-5-3-2-4-6-12;1-2/h2-9H,1H3,(H,16,17);1-2H3. The van der Waals surface area contributed by atoms with E-state index in [2.05, 4.69) is 21.2 Å². The van der Waals surface area contributed by atoms with Crippen LogP contribution in [0.4, 0.5) is 10.5 Å². The number of nitrogens with one attached hydrogen (secondary N) is 1. The zero-order valence-corrected chi connectivity index (χ0v) is 13.4. The molecule has 106 valence electrons. The van der Waals surface area contributed by atoms with Crippen molar-refractivity contribution in [1.29, 1.82) is 0 Å². The SMILES string of the molecule is CC.Cc1cc(NC(=O)Oc2ccccc2)ccc1Br. The molecule has 0 aliphatic carbocycles. The van der Waals surface area contributed by atoms with E-state index < -0.39 is 6.09 Å². The summed E-state index contributed by atoms with van der Waals surface area (Å²) in [4.78, 5) is 11.6. The van der Waals surface area contributed by atoms with Crippen LogP contribution in [-0.4, -0.2) is 6.09 Å². The molecule has 0 aliphatic rings. The maximum Gasteiger partial charge on any atom is 0.417 e. The van der Waals surface area contributed by atoms with Gasteiger partial charge in [0.2, 0.25) is 0 Å². The van der Waals surface area contributed by atoms with Crippen LogP contribution >= 0.6 is 15.9 Å². The van der Waals surface area contributed by atoms with Crippen LogP contribution in [0.25, 0.3) is 0 Å². The molecule has 0 aromatic heterocycles. The Bertz CT molecular complexity index is 556. The minimum absolute atomic E-state index is 0.497. The summed E-state index contributed by atoms with van der Waals surface area (Å²) < 4.78 is 6.13. The summed E-state index contributed by atoms with van der Waals surface area (Å²) in [5.41, 5.74) is 1.75. The average molecular weight is 336 g/mol. The predicted octanol–water partition coefficient (Wildman–Crippen LogP) is 5.39. The van der Waals surface area contributed by atoms with Crippen molar-refractivity contribution in [2.24, 2.45) is 0 Å². The lowest BCUT2D eigenvalue weighted by molar-refractivity contribution is 0.215. The van der Waals surface area contributed by atoms with E-state index in [-0.39, 0.29) is 0 Å². The van der Waals surface area contributed by atoms with Gasteiger partial charge in [0.1, 0.15) is 5.75 Å². The number of aryl methyl sites for hydroxylation is 1. The number of rotatable bonds is 2. The third-order valence-electron chi connectivity index (χ3n) is 2.36. The highest BCUT2D eigenvalue weighted by Gasteiger charge is 2.05. The van der Waals surface area contributed by atoms with Crippen LogP contribution in [0, 0.1) is 6.92 Å². The van der Waals surface area contributed by atoms with Crippen LogP contribution < -0.4 is 10.1 Å². The highest BCUT2D eigenvalue weighted by atomic mass is 79.9. The number of halogens is 1. The molecule has 0 saturated heterocycles. The number of hydrogen-bond acceptors (Lipinski definition) is 2. The maximum atomic E-state index is 11.6. The third kappa shape index (κ3) is 5.05. The van der Waals surface area contributed by atoms with Crippen molar-refractivity contribution in [3.63, 3.8) is 0 Å². The normalized spacial score (nSPS) is 9.20. The van der Waals surface area contributed by atoms with E-state index >= 15 is 0 Å². The Morgan fingerprint density at radius 1 is 1.10 bits per heavy atom. The van der Waals surface area contributed by atoms with Gasteiger partial charge in [-0.25, -0.2) is 4.79 Å². The largest absolute Gasteiger partial charge is 0.417 e. The van der Waals surface area contributed by atoms with Crippen molar-refractivity contribution >= 4 is 27.7 Å². The van der Waals surface area contributed by atoms with Gasteiger partial charge < -0.3 is 4.74 Å². The minimum Gasteiger partial charge on any atom is -0.410 e. The quantitative estimate of drug-likeness (QED) is 0.798. The topological polar surface area (TPSA) is 38.3 Å². The number of carbonyl (C=O) groups excluding carboxylic acids is 1. The van der Waals surface area contributed by atoms with Crippen molar-refractivity contribution in [2.45, 2.75) is 20.8 Å². The number of amides is 1. The van der Waals surface area contributed by atoms with Crippen LogP contribution in [-0.2, 0) is 0 Å². The number of ether oxygens (including phenoxy) is 1. The fourth-order valence-corrected chi connectivity index (χ4v) is 1.71. The van der Waals surface area contributed by atoms with Crippen molar-refractivity contribution < 1.29 is 9.53 Å². The monoisotopic (exact) mass is 335 g/mol. The molecule has 2 aromatic carbocycles. The van der Waals surface area contributed by atoms with Crippen LogP contribution in [0.2, 0.25) is 0 Å². The zero-order chi connectivity index (χ0) is 15.0. The number of para-hydroxylation sites is 1. The first kappa shape index (κ1) is 16.2. The van der Waals surface area contributed by atoms with Crippen molar-refractivity contribution in [1.82, 2.24) is 0 Å². The van der Waals surface area contributed by atoms with Crippen molar-refractivity contribution in [3.8, 4) is 5.75 Å². The van der Waals surface area contributed by atoms with Crippen molar-refractivity contribution in [2.75, 3.05) is 5.32 Å². The van der Waals surface area contributed by atoms with Gasteiger partial charge in [0, 0.05) is 10.2 Å². The van der Waals surface area contributed by atoms with Gasteiger partial charge >= 0.3 is 6.09 Å². The number of anilines is 1. The molecule has 0 spiro atoms. The maximum absolute atomic E-state index is 11.6. The van der Waals surface area contributed by atoms with Gasteiger partial charge in [-0.1, -0.05) is 48.0 Å². The van der Waals surface area contributed by atoms with E-state index in [1.807, 2.05) is 57.2 Å². The molecule has 0 atom stereocenters. The zero-order valence-electron chi connectivity index (χ0n) is 11.8. The lowest BCUT2D eigenvalue weighted by Gasteiger charge is -2.07. The Kier molecular flexibility index (Phi) is 6.81. The van der Waals surface area contributed by atoms with Gasteiger partial charge in [0.05, 0.1) is 0 Å². The third-order valence-corrected chi connectivity index (χ3v) is 3.25. The molecule has 0 radical (unpaired) electrons. The summed E-state index contributed by atoms with van der Waals surface area (Å²) in [6.45, 7) is 5.96. The summed E-state index contributed by atoms with van der Waals surface area (Å²) in [6.07, 6.45) is -0.497. The molecule has 2 rings (SSSR count). The number of carbonyl (C=O) groups is 1. The molecule has 1 amide bonds. The molecule has 1 N–H and O–H groups in total. The highest BCUT2D eigenvalue weighted by Crippen LogP contribution is 2.20. The van der Waals surface area contributed by atoms with Gasteiger partial charge in [-0.3, -0.25) is 5.32 Å². The first-order valence-electron chi connectivity index (χ1n) is 6.45. The molecule has 0 aliphatic heterocycles. The molecule has 3 nitrogen and oxygen atoms in total. The van der Waals surface area contributed by atoms with E-state index in [4.69, 9.17) is 4.74 Å². The minimum atomic E-state index is -0.497. The molecule has 4 heteroatoms. The van der Waals surface area contributed by atoms with Crippen LogP contribution in [0.15, 0.2) is 53.0 Å². The molecule has 0 fully saturated rings. The second kappa shape index (κ2) is 8.38. The molecular weight excluding hydrogens is 318 g/mol. The molecular formula is C16H18BrNO2. The van der Waals surface area contributed by atoms with E-state index in [0.29, 0.717) is 11.4 Å². The summed E-state index contributed by atoms with van der Waals surface area (Å²) in [6, 6.07) is 14.5. The fourth-order valence-electron chi connectivity index (χ4n) is 1.46. The molecule has 20 heavy (non-hydrogen) atoms. The Morgan fingerprint density at radius 2 is 1.75 bits per heavy atom. The molecule has 0 heterocycles. The summed E-state index contributed by atoms with van der Waals surface area (Å²) in [5, 5.41) is 2.68. The van der Waals surface area contributed by atoms with Gasteiger partial charge in [-0.05, 0) is 42.8 Å². The fraction of sp³-hybridized carbons (Fsp3) is 0.188.